The van der Waals surface area contributed by atoms with E-state index >= 15 is 0 Å². The molecule has 0 saturated carbocycles. The molecule has 0 radical (unpaired) electrons. The minimum atomic E-state index is -0.0337. The first-order valence-electron chi connectivity index (χ1n) is 9.33. The second kappa shape index (κ2) is 8.45. The van der Waals surface area contributed by atoms with Crippen LogP contribution in [0, 0.1) is 13.8 Å². The largest absolute Gasteiger partial charge is 0.489 e. The lowest BCUT2D eigenvalue weighted by Gasteiger charge is -2.07. The van der Waals surface area contributed by atoms with E-state index in [2.05, 4.69) is 15.5 Å². The maximum Gasteiger partial charge on any atom is 0.224 e. The summed E-state index contributed by atoms with van der Waals surface area (Å²) in [5.41, 5.74) is 3.69. The Morgan fingerprint density at radius 2 is 1.93 bits per heavy atom. The van der Waals surface area contributed by atoms with Gasteiger partial charge in [0.25, 0.3) is 0 Å². The van der Waals surface area contributed by atoms with Crippen LogP contribution in [-0.2, 0) is 24.4 Å². The Bertz CT molecular complexity index is 1080. The normalized spacial score (nSPS) is 11.0. The van der Waals surface area contributed by atoms with Gasteiger partial charge >= 0.3 is 0 Å². The molecule has 7 heteroatoms. The number of carbonyl (C=O) groups is 1. The van der Waals surface area contributed by atoms with Crippen molar-refractivity contribution in [2.75, 3.05) is 0 Å². The fourth-order valence-corrected chi connectivity index (χ4v) is 3.89. The van der Waals surface area contributed by atoms with Gasteiger partial charge in [0.1, 0.15) is 23.1 Å². The topological polar surface area (TPSA) is 77.2 Å². The van der Waals surface area contributed by atoms with E-state index < -0.39 is 0 Å². The number of rotatable bonds is 7. The second-order valence-electron chi connectivity index (χ2n) is 6.76. The van der Waals surface area contributed by atoms with Crippen LogP contribution in [0.5, 0.6) is 5.75 Å². The number of hydrogen-bond acceptors (Lipinski definition) is 6. The zero-order valence-corrected chi connectivity index (χ0v) is 17.1. The van der Waals surface area contributed by atoms with Crippen molar-refractivity contribution in [3.8, 4) is 5.75 Å². The van der Waals surface area contributed by atoms with Crippen molar-refractivity contribution in [1.29, 1.82) is 0 Å². The highest BCUT2D eigenvalue weighted by molar-refractivity contribution is 7.18. The van der Waals surface area contributed by atoms with Crippen LogP contribution in [0.15, 0.2) is 53.1 Å². The van der Waals surface area contributed by atoms with Crippen LogP contribution < -0.4 is 10.1 Å². The average Bonchev–Trinajstić information content (AvgIpc) is 3.28. The summed E-state index contributed by atoms with van der Waals surface area (Å²) in [6, 6.07) is 15.5. The SMILES string of the molecule is Cc1noc(C)c1COc1ccc(CC(=O)NCc2nc3ccccc3s2)cc1. The summed E-state index contributed by atoms with van der Waals surface area (Å²) in [4.78, 5) is 16.8. The van der Waals surface area contributed by atoms with Crippen molar-refractivity contribution in [2.24, 2.45) is 0 Å². The summed E-state index contributed by atoms with van der Waals surface area (Å²) in [5, 5.41) is 7.77. The number of carbonyl (C=O) groups excluding carboxylic acids is 1. The first-order valence-corrected chi connectivity index (χ1v) is 10.1. The van der Waals surface area contributed by atoms with E-state index in [-0.39, 0.29) is 5.91 Å². The number of nitrogens with zero attached hydrogens (tertiary/aromatic N) is 2. The summed E-state index contributed by atoms with van der Waals surface area (Å²) >= 11 is 1.60. The standard InChI is InChI=1S/C22H21N3O3S/c1-14-18(15(2)28-25-14)13-27-17-9-7-16(8-10-17)11-21(26)23-12-22-24-19-5-3-4-6-20(19)29-22/h3-10H,11-13H2,1-2H3,(H,23,26). The fraction of sp³-hybridized carbons (Fsp3) is 0.227. The molecule has 0 bridgehead atoms. The molecule has 4 rings (SSSR count). The molecule has 2 aromatic heterocycles. The Hall–Kier alpha value is -3.19. The molecule has 29 heavy (non-hydrogen) atoms. The van der Waals surface area contributed by atoms with Crippen molar-refractivity contribution < 1.29 is 14.1 Å². The number of aryl methyl sites for hydroxylation is 2. The van der Waals surface area contributed by atoms with Gasteiger partial charge in [0.2, 0.25) is 5.91 Å². The summed E-state index contributed by atoms with van der Waals surface area (Å²) < 4.78 is 12.1. The van der Waals surface area contributed by atoms with Crippen molar-refractivity contribution in [3.63, 3.8) is 0 Å². The van der Waals surface area contributed by atoms with Gasteiger partial charge in [-0.05, 0) is 43.7 Å². The zero-order valence-electron chi connectivity index (χ0n) is 16.3. The third-order valence-electron chi connectivity index (χ3n) is 4.63. The average molecular weight is 407 g/mol. The molecule has 148 valence electrons. The number of hydrogen-bond donors (Lipinski definition) is 1. The lowest BCUT2D eigenvalue weighted by molar-refractivity contribution is -0.120. The molecule has 2 aromatic carbocycles. The smallest absolute Gasteiger partial charge is 0.224 e. The van der Waals surface area contributed by atoms with Gasteiger partial charge in [0, 0.05) is 0 Å². The molecule has 0 unspecified atom stereocenters. The fourth-order valence-electron chi connectivity index (χ4n) is 2.98. The molecule has 0 fully saturated rings. The van der Waals surface area contributed by atoms with Crippen molar-refractivity contribution in [3.05, 3.63) is 76.1 Å². The number of para-hydroxylation sites is 1. The molecular weight excluding hydrogens is 386 g/mol. The molecule has 2 heterocycles. The summed E-state index contributed by atoms with van der Waals surface area (Å²) in [7, 11) is 0. The Labute approximate surface area is 172 Å². The van der Waals surface area contributed by atoms with Gasteiger partial charge < -0.3 is 14.6 Å². The summed E-state index contributed by atoms with van der Waals surface area (Å²) in [6.45, 7) is 4.61. The van der Waals surface area contributed by atoms with E-state index in [0.29, 0.717) is 19.6 Å². The van der Waals surface area contributed by atoms with E-state index in [1.165, 1.54) is 0 Å². The minimum absolute atomic E-state index is 0.0337. The van der Waals surface area contributed by atoms with Crippen molar-refractivity contribution in [2.45, 2.75) is 33.4 Å². The number of benzene rings is 2. The number of nitrogens with one attached hydrogen (secondary N) is 1. The number of amides is 1. The van der Waals surface area contributed by atoms with Gasteiger partial charge in [-0.3, -0.25) is 4.79 Å². The monoisotopic (exact) mass is 407 g/mol. The Morgan fingerprint density at radius 3 is 2.66 bits per heavy atom. The third-order valence-corrected chi connectivity index (χ3v) is 5.66. The van der Waals surface area contributed by atoms with Crippen molar-refractivity contribution >= 4 is 27.5 Å². The maximum absolute atomic E-state index is 12.3. The molecule has 4 aromatic rings. The Kier molecular flexibility index (Phi) is 5.57. The first kappa shape index (κ1) is 19.1. The van der Waals surface area contributed by atoms with Gasteiger partial charge in [-0.1, -0.05) is 29.4 Å². The van der Waals surface area contributed by atoms with Crippen LogP contribution in [0.3, 0.4) is 0 Å². The molecule has 6 nitrogen and oxygen atoms in total. The van der Waals surface area contributed by atoms with Gasteiger partial charge in [-0.2, -0.15) is 0 Å². The van der Waals surface area contributed by atoms with E-state index in [1.54, 1.807) is 11.3 Å². The quantitative estimate of drug-likeness (QED) is 0.493. The predicted octanol–water partition coefficient (Wildman–Crippen LogP) is 4.34. The Morgan fingerprint density at radius 1 is 1.14 bits per heavy atom. The molecule has 0 atom stereocenters. The van der Waals surface area contributed by atoms with Crippen LogP contribution in [0.1, 0.15) is 27.6 Å². The number of ether oxygens (including phenoxy) is 1. The molecular formula is C22H21N3O3S. The number of aromatic nitrogens is 2. The van der Waals surface area contributed by atoms with E-state index in [1.807, 2.05) is 62.4 Å². The van der Waals surface area contributed by atoms with E-state index in [9.17, 15) is 4.79 Å². The van der Waals surface area contributed by atoms with Crippen molar-refractivity contribution in [1.82, 2.24) is 15.5 Å². The lowest BCUT2D eigenvalue weighted by Crippen LogP contribution is -2.24. The molecule has 1 amide bonds. The highest BCUT2D eigenvalue weighted by atomic mass is 32.1. The van der Waals surface area contributed by atoms with Crippen LogP contribution in [0.2, 0.25) is 0 Å². The zero-order chi connectivity index (χ0) is 20.2. The van der Waals surface area contributed by atoms with Crippen LogP contribution >= 0.6 is 11.3 Å². The van der Waals surface area contributed by atoms with E-state index in [4.69, 9.17) is 9.26 Å². The van der Waals surface area contributed by atoms with E-state index in [0.717, 1.165) is 43.6 Å². The third kappa shape index (κ3) is 4.63. The summed E-state index contributed by atoms with van der Waals surface area (Å²) in [5.74, 6) is 1.47. The number of thiazole rings is 1. The van der Waals surface area contributed by atoms with Gasteiger partial charge in [-0.25, -0.2) is 4.98 Å². The lowest BCUT2D eigenvalue weighted by atomic mass is 10.1. The van der Waals surface area contributed by atoms with Gasteiger partial charge in [-0.15, -0.1) is 11.3 Å². The second-order valence-corrected chi connectivity index (χ2v) is 7.88. The Balaban J connectivity index is 1.28. The van der Waals surface area contributed by atoms with Crippen LogP contribution in [0.25, 0.3) is 10.2 Å². The molecule has 0 saturated heterocycles. The minimum Gasteiger partial charge on any atom is -0.489 e. The molecule has 0 aliphatic heterocycles. The van der Waals surface area contributed by atoms with Gasteiger partial charge in [0.15, 0.2) is 0 Å². The van der Waals surface area contributed by atoms with Crippen LogP contribution in [-0.4, -0.2) is 16.0 Å². The number of fused-ring (bicyclic) bond motifs is 1. The summed E-state index contributed by atoms with van der Waals surface area (Å²) in [6.07, 6.45) is 0.315. The highest BCUT2D eigenvalue weighted by Crippen LogP contribution is 2.21. The van der Waals surface area contributed by atoms with Crippen LogP contribution in [0.4, 0.5) is 0 Å². The molecule has 0 aliphatic carbocycles. The first-order chi connectivity index (χ1) is 14.1. The molecule has 0 aliphatic rings. The molecule has 0 spiro atoms. The predicted molar refractivity (Wildman–Crippen MR) is 112 cm³/mol. The maximum atomic E-state index is 12.3. The van der Waals surface area contributed by atoms with Gasteiger partial charge in [0.05, 0.1) is 34.4 Å². The highest BCUT2D eigenvalue weighted by Gasteiger charge is 2.10. The molecule has 1 N–H and O–H groups in total.